The molecule has 0 aliphatic heterocycles. The van der Waals surface area contributed by atoms with Crippen LogP contribution in [0.4, 0.5) is 0 Å². The normalized spacial score (nSPS) is 10.9. The number of aryl methyl sites for hydroxylation is 1. The fraction of sp³-hybridized carbons (Fsp3) is 0.174. The number of ether oxygens (including phenoxy) is 2. The van der Waals surface area contributed by atoms with Crippen LogP contribution in [0.15, 0.2) is 60.8 Å². The van der Waals surface area contributed by atoms with Crippen molar-refractivity contribution in [2.24, 2.45) is 0 Å². The zero-order valence-corrected chi connectivity index (χ0v) is 16.5. The van der Waals surface area contributed by atoms with E-state index in [4.69, 9.17) is 14.5 Å². The Morgan fingerprint density at radius 3 is 2.52 bits per heavy atom. The van der Waals surface area contributed by atoms with Gasteiger partial charge in [-0.1, -0.05) is 18.2 Å². The Morgan fingerprint density at radius 1 is 1.03 bits per heavy atom. The first kappa shape index (κ1) is 18.7. The van der Waals surface area contributed by atoms with Crippen LogP contribution in [0.5, 0.6) is 5.75 Å². The molecule has 0 spiro atoms. The predicted molar refractivity (Wildman–Crippen MR) is 112 cm³/mol. The van der Waals surface area contributed by atoms with Crippen molar-refractivity contribution in [1.82, 2.24) is 14.5 Å². The Bertz CT molecular complexity index is 1180. The van der Waals surface area contributed by atoms with E-state index in [9.17, 15) is 4.79 Å². The Balaban J connectivity index is 1.93. The summed E-state index contributed by atoms with van der Waals surface area (Å²) >= 11 is 0. The summed E-state index contributed by atoms with van der Waals surface area (Å²) in [5.41, 5.74) is 3.26. The average Bonchev–Trinajstić information content (AvgIpc) is 3.17. The van der Waals surface area contributed by atoms with E-state index in [1.165, 1.54) is 0 Å². The molecular formula is C23H21N3O3. The first-order chi connectivity index (χ1) is 14.1. The van der Waals surface area contributed by atoms with Crippen LogP contribution in [0, 0.1) is 6.92 Å². The Kier molecular flexibility index (Phi) is 4.99. The van der Waals surface area contributed by atoms with Crippen LogP contribution in [0.25, 0.3) is 28.1 Å². The minimum Gasteiger partial charge on any atom is -0.497 e. The third-order valence-corrected chi connectivity index (χ3v) is 4.74. The molecule has 0 fully saturated rings. The minimum atomic E-state index is -0.431. The summed E-state index contributed by atoms with van der Waals surface area (Å²) in [6.45, 7) is 3.86. The summed E-state index contributed by atoms with van der Waals surface area (Å²) in [6.07, 6.45) is 1.93. The van der Waals surface area contributed by atoms with Crippen LogP contribution in [0.3, 0.4) is 0 Å². The van der Waals surface area contributed by atoms with Gasteiger partial charge in [-0.3, -0.25) is 4.57 Å². The lowest BCUT2D eigenvalue weighted by Gasteiger charge is -2.14. The lowest BCUT2D eigenvalue weighted by Crippen LogP contribution is -2.14. The summed E-state index contributed by atoms with van der Waals surface area (Å²) in [6, 6.07) is 17.5. The first-order valence-corrected chi connectivity index (χ1v) is 9.39. The van der Waals surface area contributed by atoms with E-state index in [1.54, 1.807) is 21.0 Å². The van der Waals surface area contributed by atoms with Gasteiger partial charge in [0, 0.05) is 17.1 Å². The third kappa shape index (κ3) is 3.45. The van der Waals surface area contributed by atoms with Crippen molar-refractivity contribution in [2.45, 2.75) is 13.8 Å². The van der Waals surface area contributed by atoms with Crippen LogP contribution < -0.4 is 4.74 Å². The highest BCUT2D eigenvalue weighted by atomic mass is 16.5. The van der Waals surface area contributed by atoms with Crippen LogP contribution in [-0.4, -0.2) is 34.2 Å². The van der Waals surface area contributed by atoms with Gasteiger partial charge in [0.2, 0.25) is 5.95 Å². The fourth-order valence-electron chi connectivity index (χ4n) is 3.33. The molecule has 0 radical (unpaired) electrons. The largest absolute Gasteiger partial charge is 0.497 e. The van der Waals surface area contributed by atoms with Crippen LogP contribution in [0.1, 0.15) is 23.0 Å². The number of hydrogen-bond donors (Lipinski definition) is 0. The topological polar surface area (TPSA) is 66.2 Å². The molecule has 6 nitrogen and oxygen atoms in total. The van der Waals surface area contributed by atoms with Gasteiger partial charge in [0.05, 0.1) is 30.6 Å². The number of carbonyl (C=O) groups is 1. The molecule has 0 saturated heterocycles. The zero-order valence-electron chi connectivity index (χ0n) is 16.5. The molecule has 0 amide bonds. The van der Waals surface area contributed by atoms with Gasteiger partial charge in [0.25, 0.3) is 0 Å². The summed E-state index contributed by atoms with van der Waals surface area (Å²) in [5, 5.41) is 1.09. The Labute approximate surface area is 168 Å². The van der Waals surface area contributed by atoms with Crippen LogP contribution >= 0.6 is 0 Å². The molecule has 2 aromatic heterocycles. The van der Waals surface area contributed by atoms with Crippen molar-refractivity contribution in [3.63, 3.8) is 0 Å². The van der Waals surface area contributed by atoms with Crippen LogP contribution in [-0.2, 0) is 4.74 Å². The number of fused-ring (bicyclic) bond motifs is 1. The van der Waals surface area contributed by atoms with Crippen molar-refractivity contribution in [3.05, 3.63) is 72.1 Å². The summed E-state index contributed by atoms with van der Waals surface area (Å²) in [7, 11) is 1.61. The smallest absolute Gasteiger partial charge is 0.342 e. The number of para-hydroxylation sites is 1. The SMILES string of the molecule is CCOC(=O)c1c(C)nc(-n2ccc3ccccc32)nc1-c1ccc(OC)cc1. The van der Waals surface area contributed by atoms with Crippen molar-refractivity contribution >= 4 is 16.9 Å². The molecule has 0 N–H and O–H groups in total. The van der Waals surface area contributed by atoms with Crippen molar-refractivity contribution in [2.75, 3.05) is 13.7 Å². The van der Waals surface area contributed by atoms with Gasteiger partial charge >= 0.3 is 5.97 Å². The second kappa shape index (κ2) is 7.75. The van der Waals surface area contributed by atoms with Crippen molar-refractivity contribution in [1.29, 1.82) is 0 Å². The van der Waals surface area contributed by atoms with E-state index < -0.39 is 5.97 Å². The molecule has 4 rings (SSSR count). The molecule has 146 valence electrons. The molecule has 2 aromatic carbocycles. The van der Waals surface area contributed by atoms with Crippen molar-refractivity contribution in [3.8, 4) is 23.0 Å². The van der Waals surface area contributed by atoms with E-state index in [1.807, 2.05) is 65.4 Å². The fourth-order valence-corrected chi connectivity index (χ4v) is 3.33. The maximum absolute atomic E-state index is 12.7. The average molecular weight is 387 g/mol. The van der Waals surface area contributed by atoms with Crippen LogP contribution in [0.2, 0.25) is 0 Å². The Hall–Kier alpha value is -3.67. The quantitative estimate of drug-likeness (QED) is 0.469. The molecule has 4 aromatic rings. The highest BCUT2D eigenvalue weighted by Gasteiger charge is 2.22. The van der Waals surface area contributed by atoms with Gasteiger partial charge in [0.1, 0.15) is 11.3 Å². The number of rotatable bonds is 5. The zero-order chi connectivity index (χ0) is 20.4. The number of esters is 1. The lowest BCUT2D eigenvalue weighted by atomic mass is 10.0. The van der Waals surface area contributed by atoms with Gasteiger partial charge in [-0.15, -0.1) is 0 Å². The van der Waals surface area contributed by atoms with Gasteiger partial charge in [-0.2, -0.15) is 0 Å². The molecule has 0 aliphatic carbocycles. The molecule has 0 atom stereocenters. The van der Waals surface area contributed by atoms with E-state index in [2.05, 4.69) is 4.98 Å². The standard InChI is InChI=1S/C23H21N3O3/c1-4-29-22(27)20-15(2)24-23(26-14-13-16-7-5-6-8-19(16)26)25-21(20)17-9-11-18(28-3)12-10-17/h5-14H,4H2,1-3H3. The highest BCUT2D eigenvalue weighted by molar-refractivity contribution is 5.97. The number of benzene rings is 2. The maximum Gasteiger partial charge on any atom is 0.342 e. The number of hydrogen-bond acceptors (Lipinski definition) is 5. The summed E-state index contributed by atoms with van der Waals surface area (Å²) < 4.78 is 12.4. The minimum absolute atomic E-state index is 0.282. The second-order valence-electron chi connectivity index (χ2n) is 6.53. The lowest BCUT2D eigenvalue weighted by molar-refractivity contribution is 0.0525. The van der Waals surface area contributed by atoms with E-state index in [0.717, 1.165) is 22.2 Å². The predicted octanol–water partition coefficient (Wildman–Crippen LogP) is 4.58. The summed E-state index contributed by atoms with van der Waals surface area (Å²) in [4.78, 5) is 22.0. The van der Waals surface area contributed by atoms with Gasteiger partial charge in [-0.05, 0) is 50.2 Å². The van der Waals surface area contributed by atoms with E-state index in [-0.39, 0.29) is 6.61 Å². The maximum atomic E-state index is 12.7. The molecule has 2 heterocycles. The van der Waals surface area contributed by atoms with Gasteiger partial charge in [0.15, 0.2) is 0 Å². The molecule has 29 heavy (non-hydrogen) atoms. The highest BCUT2D eigenvalue weighted by Crippen LogP contribution is 2.28. The molecule has 0 aliphatic rings. The van der Waals surface area contributed by atoms with Crippen molar-refractivity contribution < 1.29 is 14.3 Å². The van der Waals surface area contributed by atoms with Gasteiger partial charge < -0.3 is 9.47 Å². The third-order valence-electron chi connectivity index (χ3n) is 4.74. The number of aromatic nitrogens is 3. The summed E-state index contributed by atoms with van der Waals surface area (Å²) in [5.74, 6) is 0.802. The number of nitrogens with zero attached hydrogens (tertiary/aromatic N) is 3. The van der Waals surface area contributed by atoms with E-state index in [0.29, 0.717) is 22.9 Å². The Morgan fingerprint density at radius 2 is 1.79 bits per heavy atom. The monoisotopic (exact) mass is 387 g/mol. The van der Waals surface area contributed by atoms with E-state index >= 15 is 0 Å². The molecule has 0 bridgehead atoms. The molecule has 6 heteroatoms. The number of carbonyl (C=O) groups excluding carboxylic acids is 1. The number of methoxy groups -OCH3 is 1. The molecular weight excluding hydrogens is 366 g/mol. The van der Waals surface area contributed by atoms with Gasteiger partial charge in [-0.25, -0.2) is 14.8 Å². The molecule has 0 saturated carbocycles. The first-order valence-electron chi connectivity index (χ1n) is 9.39. The molecule has 0 unspecified atom stereocenters. The second-order valence-corrected chi connectivity index (χ2v) is 6.53.